The molecule has 0 spiro atoms. The highest BCUT2D eigenvalue weighted by molar-refractivity contribution is 7.81. The van der Waals surface area contributed by atoms with Crippen LogP contribution in [-0.4, -0.2) is 29.1 Å². The summed E-state index contributed by atoms with van der Waals surface area (Å²) in [6.07, 6.45) is 2.96. The van der Waals surface area contributed by atoms with Gasteiger partial charge in [0.1, 0.15) is 0 Å². The van der Waals surface area contributed by atoms with Crippen LogP contribution in [0.4, 0.5) is 0 Å². The summed E-state index contributed by atoms with van der Waals surface area (Å²) >= 11 is 4.33. The molecule has 1 atom stereocenters. The van der Waals surface area contributed by atoms with Crippen molar-refractivity contribution in [3.8, 4) is 0 Å². The molecule has 1 heterocycles. The Morgan fingerprint density at radius 3 is 2.54 bits per heavy atom. The fourth-order valence-electron chi connectivity index (χ4n) is 1.79. The van der Waals surface area contributed by atoms with Crippen LogP contribution in [0.1, 0.15) is 33.1 Å². The maximum absolute atomic E-state index is 11.4. The molecule has 0 saturated carbocycles. The topological polar surface area (TPSA) is 20.3 Å². The molecule has 0 bridgehead atoms. The second-order valence-electron chi connectivity index (χ2n) is 3.84. The number of nitrogens with zero attached hydrogens (tertiary/aromatic N) is 1. The van der Waals surface area contributed by atoms with Gasteiger partial charge < -0.3 is 4.90 Å². The summed E-state index contributed by atoms with van der Waals surface area (Å²) in [7, 11) is 0. The van der Waals surface area contributed by atoms with E-state index in [1.165, 1.54) is 0 Å². The van der Waals surface area contributed by atoms with E-state index >= 15 is 0 Å². The predicted octanol–water partition coefficient (Wildman–Crippen LogP) is 1.95. The number of rotatable bonds is 4. The van der Waals surface area contributed by atoms with Crippen LogP contribution >= 0.6 is 12.6 Å². The zero-order valence-electron chi connectivity index (χ0n) is 8.49. The number of amides is 1. The van der Waals surface area contributed by atoms with Crippen molar-refractivity contribution in [2.24, 2.45) is 5.92 Å². The van der Waals surface area contributed by atoms with Gasteiger partial charge in [-0.3, -0.25) is 4.79 Å². The van der Waals surface area contributed by atoms with Crippen LogP contribution in [0.5, 0.6) is 0 Å². The molecule has 1 unspecified atom stereocenters. The Morgan fingerprint density at radius 2 is 2.15 bits per heavy atom. The average Bonchev–Trinajstić information content (AvgIpc) is 2.41. The summed E-state index contributed by atoms with van der Waals surface area (Å²) in [6, 6.07) is 0. The highest BCUT2D eigenvalue weighted by Crippen LogP contribution is 2.19. The summed E-state index contributed by atoms with van der Waals surface area (Å²) in [5, 5.41) is 0.266. The van der Waals surface area contributed by atoms with Crippen molar-refractivity contribution in [3.63, 3.8) is 0 Å². The van der Waals surface area contributed by atoms with Crippen molar-refractivity contribution < 1.29 is 4.79 Å². The Balaban J connectivity index is 2.40. The highest BCUT2D eigenvalue weighted by Gasteiger charge is 2.27. The van der Waals surface area contributed by atoms with E-state index in [2.05, 4.69) is 26.5 Å². The molecule has 0 aliphatic carbocycles. The molecule has 1 rings (SSSR count). The molecule has 13 heavy (non-hydrogen) atoms. The van der Waals surface area contributed by atoms with Crippen molar-refractivity contribution in [2.45, 2.75) is 38.4 Å². The first-order chi connectivity index (χ1) is 6.17. The molecule has 1 aliphatic rings. The van der Waals surface area contributed by atoms with E-state index in [-0.39, 0.29) is 11.2 Å². The zero-order chi connectivity index (χ0) is 9.84. The molecule has 76 valence electrons. The van der Waals surface area contributed by atoms with Crippen LogP contribution in [0.15, 0.2) is 0 Å². The first-order valence-corrected chi connectivity index (χ1v) is 5.64. The fourth-order valence-corrected chi connectivity index (χ4v) is 2.14. The third kappa shape index (κ3) is 2.90. The summed E-state index contributed by atoms with van der Waals surface area (Å²) in [5.74, 6) is 0.953. The van der Waals surface area contributed by atoms with Gasteiger partial charge in [-0.15, -0.1) is 0 Å². The van der Waals surface area contributed by atoms with Crippen molar-refractivity contribution in [3.05, 3.63) is 0 Å². The minimum atomic E-state index is 0.266. The third-order valence-corrected chi connectivity index (χ3v) is 3.17. The maximum Gasteiger partial charge on any atom is 0.223 e. The number of hydrogen-bond donors (Lipinski definition) is 1. The van der Waals surface area contributed by atoms with Crippen LogP contribution in [0.2, 0.25) is 0 Å². The van der Waals surface area contributed by atoms with Gasteiger partial charge in [-0.2, -0.15) is 12.6 Å². The number of likely N-dealkylation sites (tertiary alicyclic amines) is 1. The van der Waals surface area contributed by atoms with E-state index < -0.39 is 0 Å². The predicted molar refractivity (Wildman–Crippen MR) is 58.0 cm³/mol. The first kappa shape index (κ1) is 10.9. The Kier molecular flexibility index (Phi) is 4.10. The molecule has 1 amide bonds. The van der Waals surface area contributed by atoms with Gasteiger partial charge in [-0.25, -0.2) is 0 Å². The summed E-state index contributed by atoms with van der Waals surface area (Å²) in [6.45, 7) is 6.15. The van der Waals surface area contributed by atoms with E-state index in [9.17, 15) is 4.79 Å². The van der Waals surface area contributed by atoms with Crippen molar-refractivity contribution in [1.29, 1.82) is 0 Å². The Labute approximate surface area is 86.1 Å². The first-order valence-electron chi connectivity index (χ1n) is 5.13. The lowest BCUT2D eigenvalue weighted by Crippen LogP contribution is -2.30. The number of thiol groups is 1. The van der Waals surface area contributed by atoms with E-state index in [0.29, 0.717) is 12.3 Å². The van der Waals surface area contributed by atoms with Crippen molar-refractivity contribution in [2.75, 3.05) is 13.1 Å². The fraction of sp³-hybridized carbons (Fsp3) is 0.900. The van der Waals surface area contributed by atoms with Crippen LogP contribution in [-0.2, 0) is 4.79 Å². The quantitative estimate of drug-likeness (QED) is 0.689. The lowest BCUT2D eigenvalue weighted by Gasteiger charge is -2.21. The van der Waals surface area contributed by atoms with E-state index in [4.69, 9.17) is 0 Å². The van der Waals surface area contributed by atoms with Gasteiger partial charge in [-0.05, 0) is 5.92 Å². The third-order valence-electron chi connectivity index (χ3n) is 2.83. The Morgan fingerprint density at radius 1 is 1.54 bits per heavy atom. The lowest BCUT2D eigenvalue weighted by molar-refractivity contribution is -0.128. The van der Waals surface area contributed by atoms with Gasteiger partial charge in [0.2, 0.25) is 5.91 Å². The second kappa shape index (κ2) is 4.89. The lowest BCUT2D eigenvalue weighted by atomic mass is 10.0. The molecule has 0 aromatic carbocycles. The molecule has 0 aromatic rings. The van der Waals surface area contributed by atoms with E-state index in [0.717, 1.165) is 25.9 Å². The molecular formula is C10H19NOS. The molecule has 1 aliphatic heterocycles. The van der Waals surface area contributed by atoms with E-state index in [1.54, 1.807) is 0 Å². The molecule has 3 heteroatoms. The molecule has 1 saturated heterocycles. The standard InChI is InChI=1S/C10H19NOS/c1-3-8(4-2)6-11-7-9(13)5-10(11)12/h8-9,13H,3-7H2,1-2H3. The highest BCUT2D eigenvalue weighted by atomic mass is 32.1. The van der Waals surface area contributed by atoms with Gasteiger partial charge in [0.15, 0.2) is 0 Å². The minimum Gasteiger partial charge on any atom is -0.341 e. The molecule has 0 radical (unpaired) electrons. The maximum atomic E-state index is 11.4. The molecule has 0 aromatic heterocycles. The monoisotopic (exact) mass is 201 g/mol. The second-order valence-corrected chi connectivity index (χ2v) is 4.57. The summed E-state index contributed by atoms with van der Waals surface area (Å²) in [5.41, 5.74) is 0. The molecule has 1 fully saturated rings. The van der Waals surface area contributed by atoms with Crippen molar-refractivity contribution >= 4 is 18.5 Å². The summed E-state index contributed by atoms with van der Waals surface area (Å²) < 4.78 is 0. The SMILES string of the molecule is CCC(CC)CN1CC(S)CC1=O. The van der Waals surface area contributed by atoms with Gasteiger partial charge in [-0.1, -0.05) is 26.7 Å². The smallest absolute Gasteiger partial charge is 0.223 e. The summed E-state index contributed by atoms with van der Waals surface area (Å²) in [4.78, 5) is 13.4. The molecular weight excluding hydrogens is 182 g/mol. The van der Waals surface area contributed by atoms with Gasteiger partial charge >= 0.3 is 0 Å². The zero-order valence-corrected chi connectivity index (χ0v) is 9.39. The van der Waals surface area contributed by atoms with Crippen LogP contribution in [0.25, 0.3) is 0 Å². The van der Waals surface area contributed by atoms with Gasteiger partial charge in [0.05, 0.1) is 0 Å². The van der Waals surface area contributed by atoms with Gasteiger partial charge in [0, 0.05) is 24.8 Å². The van der Waals surface area contributed by atoms with Crippen LogP contribution < -0.4 is 0 Å². The van der Waals surface area contributed by atoms with Gasteiger partial charge in [0.25, 0.3) is 0 Å². The normalized spacial score (nSPS) is 23.2. The van der Waals surface area contributed by atoms with Crippen LogP contribution in [0.3, 0.4) is 0 Å². The van der Waals surface area contributed by atoms with E-state index in [1.807, 2.05) is 4.90 Å². The number of carbonyl (C=O) groups excluding carboxylic acids is 1. The number of hydrogen-bond acceptors (Lipinski definition) is 2. The largest absolute Gasteiger partial charge is 0.341 e. The minimum absolute atomic E-state index is 0.266. The molecule has 0 N–H and O–H groups in total. The Bertz CT molecular complexity index is 180. The molecule has 2 nitrogen and oxygen atoms in total. The van der Waals surface area contributed by atoms with Crippen LogP contribution in [0, 0.1) is 5.92 Å². The number of carbonyl (C=O) groups is 1. The Hall–Kier alpha value is -0.180. The van der Waals surface area contributed by atoms with Crippen molar-refractivity contribution in [1.82, 2.24) is 4.90 Å². The average molecular weight is 201 g/mol.